The molecule has 0 aromatic heterocycles. The number of ether oxygens (including phenoxy) is 2. The molecule has 8 atom stereocenters. The molecular weight excluding hydrogens is 588 g/mol. The number of anilines is 2. The molecule has 0 unspecified atom stereocenters. The predicted molar refractivity (Wildman–Crippen MR) is 174 cm³/mol. The van der Waals surface area contributed by atoms with E-state index in [1.165, 1.54) is 4.90 Å². The van der Waals surface area contributed by atoms with Gasteiger partial charge in [0, 0.05) is 37.4 Å². The zero-order chi connectivity index (χ0) is 33.2. The van der Waals surface area contributed by atoms with Crippen LogP contribution < -0.4 is 15.1 Å². The van der Waals surface area contributed by atoms with E-state index in [9.17, 15) is 19.5 Å². The summed E-state index contributed by atoms with van der Waals surface area (Å²) in [6.07, 6.45) is 7.25. The van der Waals surface area contributed by atoms with E-state index in [0.717, 1.165) is 18.8 Å². The van der Waals surface area contributed by atoms with Gasteiger partial charge in [-0.25, -0.2) is 0 Å². The number of cyclic esters (lactones) is 1. The molecule has 4 aliphatic rings. The van der Waals surface area contributed by atoms with Crippen LogP contribution in [0.2, 0.25) is 0 Å². The fourth-order valence-electron chi connectivity index (χ4n) is 7.41. The van der Waals surface area contributed by atoms with Crippen molar-refractivity contribution in [3.8, 4) is 0 Å². The van der Waals surface area contributed by atoms with Crippen molar-refractivity contribution >= 4 is 35.1 Å². The van der Waals surface area contributed by atoms with Gasteiger partial charge in [0.25, 0.3) is 5.91 Å². The summed E-state index contributed by atoms with van der Waals surface area (Å²) in [5.74, 6) is -3.65. The zero-order valence-electron chi connectivity index (χ0n) is 27.6. The summed E-state index contributed by atoms with van der Waals surface area (Å²) in [4.78, 5) is 61.1. The molecule has 11 nitrogen and oxygen atoms in total. The minimum absolute atomic E-state index is 0.130. The summed E-state index contributed by atoms with van der Waals surface area (Å²) in [6, 6.07) is 5.96. The summed E-state index contributed by atoms with van der Waals surface area (Å²) in [7, 11) is 0. The van der Waals surface area contributed by atoms with Gasteiger partial charge in [-0.2, -0.15) is 0 Å². The molecule has 5 bridgehead atoms. The number of fused-ring (bicyclic) bond motifs is 2. The number of rotatable bonds is 8. The van der Waals surface area contributed by atoms with Crippen molar-refractivity contribution < 1.29 is 33.8 Å². The second kappa shape index (κ2) is 14.0. The topological polar surface area (TPSA) is 129 Å². The zero-order valence-corrected chi connectivity index (χ0v) is 27.6. The molecule has 11 heteroatoms. The van der Waals surface area contributed by atoms with Crippen LogP contribution in [0.25, 0.3) is 0 Å². The van der Waals surface area contributed by atoms with Crippen molar-refractivity contribution in [3.63, 3.8) is 0 Å². The largest absolute Gasteiger partial charge is 0.460 e. The average molecular weight is 637 g/mol. The van der Waals surface area contributed by atoms with Crippen LogP contribution in [0, 0.1) is 17.8 Å². The molecule has 2 fully saturated rings. The fraction of sp³-hybridized carbons (Fsp3) is 0.600. The number of hydrogen-bond acceptors (Lipinski definition) is 8. The molecule has 4 aliphatic heterocycles. The lowest BCUT2D eigenvalue weighted by molar-refractivity contribution is -0.159. The lowest BCUT2D eigenvalue weighted by Crippen LogP contribution is -2.59. The molecule has 5 rings (SSSR count). The van der Waals surface area contributed by atoms with Gasteiger partial charge in [-0.15, -0.1) is 0 Å². The van der Waals surface area contributed by atoms with Crippen molar-refractivity contribution in [3.05, 3.63) is 48.6 Å². The summed E-state index contributed by atoms with van der Waals surface area (Å²) in [5.41, 5.74) is 0.259. The number of likely N-dealkylation sites (tertiary alicyclic amines) is 1. The Kier molecular flexibility index (Phi) is 10.2. The van der Waals surface area contributed by atoms with Crippen molar-refractivity contribution in [2.45, 2.75) is 83.8 Å². The Balaban J connectivity index is 1.63. The van der Waals surface area contributed by atoms with E-state index in [1.54, 1.807) is 24.0 Å². The molecular formula is C35H48N4O7. The van der Waals surface area contributed by atoms with Crippen LogP contribution in [0.3, 0.4) is 0 Å². The van der Waals surface area contributed by atoms with E-state index < -0.39 is 53.6 Å². The van der Waals surface area contributed by atoms with Gasteiger partial charge >= 0.3 is 5.97 Å². The molecule has 3 amide bonds. The Bertz CT molecular complexity index is 1360. The number of carbonyl (C=O) groups excluding carboxylic acids is 4. The normalized spacial score (nSPS) is 31.8. The first-order chi connectivity index (χ1) is 22.1. The Morgan fingerprint density at radius 3 is 2.43 bits per heavy atom. The molecule has 46 heavy (non-hydrogen) atoms. The Hall–Kier alpha value is -3.70. The minimum atomic E-state index is -1.40. The van der Waals surface area contributed by atoms with E-state index in [4.69, 9.17) is 9.47 Å². The van der Waals surface area contributed by atoms with E-state index in [1.807, 2.05) is 50.3 Å². The quantitative estimate of drug-likeness (QED) is 0.330. The maximum absolute atomic E-state index is 15.0. The van der Waals surface area contributed by atoms with Gasteiger partial charge in [0.2, 0.25) is 11.8 Å². The molecule has 1 spiro atoms. The van der Waals surface area contributed by atoms with Gasteiger partial charge in [0.15, 0.2) is 0 Å². The number of aliphatic hydroxyl groups is 1. The van der Waals surface area contributed by atoms with Gasteiger partial charge in [0.1, 0.15) is 23.7 Å². The highest BCUT2D eigenvalue weighted by Crippen LogP contribution is 2.56. The third-order valence-corrected chi connectivity index (χ3v) is 10.1. The Morgan fingerprint density at radius 2 is 1.78 bits per heavy atom. The van der Waals surface area contributed by atoms with Crippen molar-refractivity contribution in [2.75, 3.05) is 42.6 Å². The van der Waals surface area contributed by atoms with E-state index in [0.29, 0.717) is 18.5 Å². The first-order valence-electron chi connectivity index (χ1n) is 16.7. The SMILES string of the molecule is CC[C@H](C)[C@H](CO)N1C(=O)[C@H]2[C@@H]3C(=O)O[C@H](C)CNC(=O)CC/C=C\CN(c4ccc(N(CC)CC)cc4)C(=O)[C@H]1[C@@]21C=C[C@@H]3O1. The highest BCUT2D eigenvalue weighted by atomic mass is 16.6. The number of nitrogens with zero attached hydrogens (tertiary/aromatic N) is 3. The average Bonchev–Trinajstić information content (AvgIpc) is 3.70. The minimum Gasteiger partial charge on any atom is -0.460 e. The number of nitrogens with one attached hydrogen (secondary N) is 1. The Labute approximate surface area is 271 Å². The number of hydrogen-bond donors (Lipinski definition) is 2. The van der Waals surface area contributed by atoms with Crippen LogP contribution in [0.5, 0.6) is 0 Å². The summed E-state index contributed by atoms with van der Waals surface area (Å²) < 4.78 is 12.3. The van der Waals surface area contributed by atoms with Crippen molar-refractivity contribution in [2.24, 2.45) is 17.8 Å². The van der Waals surface area contributed by atoms with Crippen molar-refractivity contribution in [1.29, 1.82) is 0 Å². The first kappa shape index (κ1) is 33.7. The number of carbonyl (C=O) groups is 4. The van der Waals surface area contributed by atoms with Crippen LogP contribution >= 0.6 is 0 Å². The second-order valence-electron chi connectivity index (χ2n) is 12.8. The van der Waals surface area contributed by atoms with Crippen LogP contribution in [0.15, 0.2) is 48.6 Å². The number of allylic oxidation sites excluding steroid dienone is 1. The highest BCUT2D eigenvalue weighted by Gasteiger charge is 2.74. The van der Waals surface area contributed by atoms with Crippen LogP contribution in [-0.4, -0.2) is 96.4 Å². The Morgan fingerprint density at radius 1 is 1.07 bits per heavy atom. The van der Waals surface area contributed by atoms with Gasteiger partial charge in [-0.05, 0) is 57.4 Å². The number of benzene rings is 1. The molecule has 2 N–H and O–H groups in total. The van der Waals surface area contributed by atoms with E-state index in [-0.39, 0.29) is 43.8 Å². The van der Waals surface area contributed by atoms with Crippen molar-refractivity contribution in [1.82, 2.24) is 10.2 Å². The third-order valence-electron chi connectivity index (χ3n) is 10.1. The second-order valence-corrected chi connectivity index (χ2v) is 12.8. The smallest absolute Gasteiger partial charge is 0.313 e. The third kappa shape index (κ3) is 5.95. The lowest BCUT2D eigenvalue weighted by atomic mass is 9.74. The molecule has 250 valence electrons. The van der Waals surface area contributed by atoms with Gasteiger partial charge in [-0.1, -0.05) is 44.6 Å². The molecule has 2 saturated heterocycles. The maximum Gasteiger partial charge on any atom is 0.313 e. The standard InChI is InChI=1S/C35H48N4O7/c1-6-22(4)26(21-40)39-31-33(43)38(25-15-13-24(14-16-25)37(7-2)8-3)19-11-9-10-12-28(41)36-20-23(5)45-34(44)29-27-17-18-35(31,46-27)30(29)32(39)42/h9,11,13-18,22-23,26-27,29-31,40H,6-8,10,12,19-21H2,1-5H3,(H,36,41)/b11-9-/t22-,23+,26-,27-,29+,30+,31-,35+/m0/s1. The van der Waals surface area contributed by atoms with Crippen LogP contribution in [0.4, 0.5) is 11.4 Å². The summed E-state index contributed by atoms with van der Waals surface area (Å²) in [5, 5.41) is 13.5. The number of esters is 1. The molecule has 0 radical (unpaired) electrons. The first-order valence-corrected chi connectivity index (χ1v) is 16.7. The maximum atomic E-state index is 15.0. The lowest BCUT2D eigenvalue weighted by Gasteiger charge is -2.40. The van der Waals surface area contributed by atoms with Gasteiger partial charge in [0.05, 0.1) is 31.2 Å². The van der Waals surface area contributed by atoms with Crippen LogP contribution in [0.1, 0.15) is 53.9 Å². The van der Waals surface area contributed by atoms with E-state index in [2.05, 4.69) is 24.1 Å². The fourth-order valence-corrected chi connectivity index (χ4v) is 7.41. The monoisotopic (exact) mass is 636 g/mol. The van der Waals surface area contributed by atoms with Gasteiger partial charge in [-0.3, -0.25) is 19.2 Å². The number of amides is 3. The molecule has 4 heterocycles. The van der Waals surface area contributed by atoms with E-state index >= 15 is 4.79 Å². The summed E-state index contributed by atoms with van der Waals surface area (Å²) in [6.45, 7) is 11.4. The molecule has 0 aliphatic carbocycles. The predicted octanol–water partition coefficient (Wildman–Crippen LogP) is 2.82. The van der Waals surface area contributed by atoms with Gasteiger partial charge < -0.3 is 34.6 Å². The molecule has 1 aromatic rings. The molecule has 0 saturated carbocycles. The summed E-state index contributed by atoms with van der Waals surface area (Å²) >= 11 is 0. The number of aliphatic hydroxyl groups excluding tert-OH is 1. The van der Waals surface area contributed by atoms with Crippen LogP contribution in [-0.2, 0) is 28.7 Å². The highest BCUT2D eigenvalue weighted by molar-refractivity contribution is 6.05. The molecule has 1 aromatic carbocycles.